The van der Waals surface area contributed by atoms with E-state index in [1.807, 2.05) is 13.0 Å². The minimum atomic E-state index is -3.46. The van der Waals surface area contributed by atoms with Gasteiger partial charge in [0.1, 0.15) is 0 Å². The minimum Gasteiger partial charge on any atom is -0.370 e. The van der Waals surface area contributed by atoms with Gasteiger partial charge in [-0.25, -0.2) is 18.1 Å². The van der Waals surface area contributed by atoms with Gasteiger partial charge in [-0.1, -0.05) is 48.3 Å². The van der Waals surface area contributed by atoms with Gasteiger partial charge >= 0.3 is 0 Å². The SMILES string of the molecule is CCNS(=O)(=O)c1ccc(CN=C(N)NC(C)c2ccc(Cl)cc2Cl)cc1. The maximum Gasteiger partial charge on any atom is 0.240 e. The molecule has 0 saturated carbocycles. The number of rotatable bonds is 7. The molecule has 0 fully saturated rings. The predicted octanol–water partition coefficient (Wildman–Crippen LogP) is 3.46. The molecule has 0 aliphatic heterocycles. The van der Waals surface area contributed by atoms with Crippen LogP contribution in [0.4, 0.5) is 0 Å². The number of nitrogens with two attached hydrogens (primary N) is 1. The first-order chi connectivity index (χ1) is 12.7. The Morgan fingerprint density at radius 2 is 1.85 bits per heavy atom. The van der Waals surface area contributed by atoms with Crippen molar-refractivity contribution in [3.63, 3.8) is 0 Å². The van der Waals surface area contributed by atoms with Gasteiger partial charge in [0.05, 0.1) is 17.5 Å². The van der Waals surface area contributed by atoms with Crippen molar-refractivity contribution in [1.82, 2.24) is 10.0 Å². The Morgan fingerprint density at radius 1 is 1.19 bits per heavy atom. The van der Waals surface area contributed by atoms with Gasteiger partial charge in [0.25, 0.3) is 0 Å². The van der Waals surface area contributed by atoms with Crippen LogP contribution in [0.2, 0.25) is 10.0 Å². The van der Waals surface area contributed by atoms with Gasteiger partial charge in [-0.15, -0.1) is 0 Å². The zero-order chi connectivity index (χ0) is 20.0. The minimum absolute atomic E-state index is 0.147. The number of nitrogens with zero attached hydrogens (tertiary/aromatic N) is 1. The third-order valence-corrected chi connectivity index (χ3v) is 5.92. The molecule has 0 radical (unpaired) electrons. The van der Waals surface area contributed by atoms with Crippen LogP contribution >= 0.6 is 23.2 Å². The number of nitrogens with one attached hydrogen (secondary N) is 2. The highest BCUT2D eigenvalue weighted by Gasteiger charge is 2.12. The molecule has 1 unspecified atom stereocenters. The standard InChI is InChI=1S/C18H22Cl2N4O2S/c1-3-23-27(25,26)15-7-4-13(5-8-15)11-22-18(21)24-12(2)16-9-6-14(19)10-17(16)20/h4-10,12,23H,3,11H2,1-2H3,(H3,21,22,24). The molecular weight excluding hydrogens is 407 g/mol. The van der Waals surface area contributed by atoms with Gasteiger partial charge in [0.2, 0.25) is 10.0 Å². The van der Waals surface area contributed by atoms with Crippen LogP contribution in [0.3, 0.4) is 0 Å². The van der Waals surface area contributed by atoms with E-state index in [1.54, 1.807) is 43.3 Å². The maximum absolute atomic E-state index is 11.9. The van der Waals surface area contributed by atoms with E-state index < -0.39 is 10.0 Å². The Kier molecular flexibility index (Phi) is 7.49. The summed E-state index contributed by atoms with van der Waals surface area (Å²) in [6.07, 6.45) is 0. The molecule has 0 aliphatic carbocycles. The summed E-state index contributed by atoms with van der Waals surface area (Å²) >= 11 is 12.1. The first-order valence-corrected chi connectivity index (χ1v) is 10.6. The number of aliphatic imine (C=N–C) groups is 1. The highest BCUT2D eigenvalue weighted by Crippen LogP contribution is 2.25. The van der Waals surface area contributed by atoms with E-state index in [0.29, 0.717) is 23.1 Å². The van der Waals surface area contributed by atoms with Crippen molar-refractivity contribution < 1.29 is 8.42 Å². The number of guanidine groups is 1. The van der Waals surface area contributed by atoms with Crippen molar-refractivity contribution in [1.29, 1.82) is 0 Å². The first-order valence-electron chi connectivity index (χ1n) is 8.33. The Bertz CT molecular complexity index is 915. The number of hydrogen-bond acceptors (Lipinski definition) is 3. The van der Waals surface area contributed by atoms with Crippen LogP contribution in [-0.2, 0) is 16.6 Å². The molecule has 2 aromatic rings. The molecule has 9 heteroatoms. The van der Waals surface area contributed by atoms with E-state index in [2.05, 4.69) is 15.0 Å². The van der Waals surface area contributed by atoms with E-state index in [9.17, 15) is 8.42 Å². The molecule has 0 spiro atoms. The maximum atomic E-state index is 11.9. The molecule has 146 valence electrons. The van der Waals surface area contributed by atoms with E-state index in [0.717, 1.165) is 11.1 Å². The Labute approximate surface area is 169 Å². The summed E-state index contributed by atoms with van der Waals surface area (Å²) in [5.41, 5.74) is 7.64. The number of benzene rings is 2. The van der Waals surface area contributed by atoms with Gasteiger partial charge in [-0.2, -0.15) is 0 Å². The summed E-state index contributed by atoms with van der Waals surface area (Å²) in [4.78, 5) is 4.50. The second kappa shape index (κ2) is 9.41. The van der Waals surface area contributed by atoms with Gasteiger partial charge in [-0.3, -0.25) is 0 Å². The average Bonchev–Trinajstić information content (AvgIpc) is 2.60. The molecule has 1 atom stereocenters. The topological polar surface area (TPSA) is 96.6 Å². The van der Waals surface area contributed by atoms with E-state index in [-0.39, 0.29) is 16.9 Å². The molecule has 2 rings (SSSR count). The molecule has 0 bridgehead atoms. The van der Waals surface area contributed by atoms with E-state index >= 15 is 0 Å². The zero-order valence-electron chi connectivity index (χ0n) is 15.0. The van der Waals surface area contributed by atoms with Crippen molar-refractivity contribution in [2.75, 3.05) is 6.54 Å². The summed E-state index contributed by atoms with van der Waals surface area (Å²) in [6, 6.07) is 11.6. The molecule has 0 aromatic heterocycles. The van der Waals surface area contributed by atoms with Gasteiger partial charge in [-0.05, 0) is 42.3 Å². The molecule has 4 N–H and O–H groups in total. The number of halogens is 2. The fraction of sp³-hybridized carbons (Fsp3) is 0.278. The predicted molar refractivity (Wildman–Crippen MR) is 111 cm³/mol. The summed E-state index contributed by atoms with van der Waals surface area (Å²) in [6.45, 7) is 4.31. The van der Waals surface area contributed by atoms with Gasteiger partial charge in [0.15, 0.2) is 5.96 Å². The molecule has 0 saturated heterocycles. The van der Waals surface area contributed by atoms with E-state index in [4.69, 9.17) is 28.9 Å². The van der Waals surface area contributed by atoms with Crippen LogP contribution < -0.4 is 15.8 Å². The Balaban J connectivity index is 2.00. The lowest BCUT2D eigenvalue weighted by Crippen LogP contribution is -2.34. The zero-order valence-corrected chi connectivity index (χ0v) is 17.4. The summed E-state index contributed by atoms with van der Waals surface area (Å²) in [5.74, 6) is 0.262. The van der Waals surface area contributed by atoms with Crippen molar-refractivity contribution in [3.05, 3.63) is 63.6 Å². The normalized spacial score (nSPS) is 13.4. The Hall–Kier alpha value is -1.80. The second-order valence-electron chi connectivity index (χ2n) is 5.88. The number of sulfonamides is 1. The lowest BCUT2D eigenvalue weighted by molar-refractivity contribution is 0.584. The highest BCUT2D eigenvalue weighted by molar-refractivity contribution is 7.89. The highest BCUT2D eigenvalue weighted by atomic mass is 35.5. The monoisotopic (exact) mass is 428 g/mol. The van der Waals surface area contributed by atoms with Crippen LogP contribution in [0.15, 0.2) is 52.4 Å². The third kappa shape index (κ3) is 6.10. The summed E-state index contributed by atoms with van der Waals surface area (Å²) in [5, 5.41) is 4.19. The van der Waals surface area contributed by atoms with Crippen LogP contribution in [0.1, 0.15) is 31.0 Å². The molecule has 6 nitrogen and oxygen atoms in total. The third-order valence-electron chi connectivity index (χ3n) is 3.79. The smallest absolute Gasteiger partial charge is 0.240 e. The quantitative estimate of drug-likeness (QED) is 0.464. The van der Waals surface area contributed by atoms with Crippen LogP contribution in [0.5, 0.6) is 0 Å². The van der Waals surface area contributed by atoms with Crippen molar-refractivity contribution in [3.8, 4) is 0 Å². The molecule has 27 heavy (non-hydrogen) atoms. The van der Waals surface area contributed by atoms with E-state index in [1.165, 1.54) is 0 Å². The molecule has 2 aromatic carbocycles. The second-order valence-corrected chi connectivity index (χ2v) is 8.49. The largest absolute Gasteiger partial charge is 0.370 e. The van der Waals surface area contributed by atoms with Crippen LogP contribution in [-0.4, -0.2) is 20.9 Å². The molecule has 0 heterocycles. The van der Waals surface area contributed by atoms with Crippen LogP contribution in [0.25, 0.3) is 0 Å². The lowest BCUT2D eigenvalue weighted by atomic mass is 10.1. The molecule has 0 amide bonds. The van der Waals surface area contributed by atoms with Gasteiger partial charge < -0.3 is 11.1 Å². The van der Waals surface area contributed by atoms with Crippen molar-refractivity contribution >= 4 is 39.2 Å². The summed E-state index contributed by atoms with van der Waals surface area (Å²) < 4.78 is 26.3. The average molecular weight is 429 g/mol. The lowest BCUT2D eigenvalue weighted by Gasteiger charge is -2.16. The fourth-order valence-electron chi connectivity index (χ4n) is 2.42. The Morgan fingerprint density at radius 3 is 2.44 bits per heavy atom. The molecule has 0 aliphatic rings. The van der Waals surface area contributed by atoms with Crippen molar-refractivity contribution in [2.24, 2.45) is 10.7 Å². The van der Waals surface area contributed by atoms with Gasteiger partial charge in [0, 0.05) is 16.6 Å². The first kappa shape index (κ1) is 21.5. The summed E-state index contributed by atoms with van der Waals surface area (Å²) in [7, 11) is -3.46. The number of hydrogen-bond donors (Lipinski definition) is 3. The van der Waals surface area contributed by atoms with Crippen molar-refractivity contribution in [2.45, 2.75) is 31.3 Å². The van der Waals surface area contributed by atoms with Crippen LogP contribution in [0, 0.1) is 0 Å². The fourth-order valence-corrected chi connectivity index (χ4v) is 4.03. The molecular formula is C18H22Cl2N4O2S.